The number of carbonyl (C=O) groups is 2. The third-order valence-electron chi connectivity index (χ3n) is 3.20. The van der Waals surface area contributed by atoms with Crippen molar-refractivity contribution in [2.75, 3.05) is 5.32 Å². The van der Waals surface area contributed by atoms with Gasteiger partial charge in [0.2, 0.25) is 0 Å². The second-order valence-electron chi connectivity index (χ2n) is 4.84. The van der Waals surface area contributed by atoms with Crippen molar-refractivity contribution in [2.45, 2.75) is 6.92 Å². The third-order valence-corrected chi connectivity index (χ3v) is 4.16. The molecule has 3 aromatic rings. The van der Waals surface area contributed by atoms with Gasteiger partial charge in [-0.2, -0.15) is 0 Å². The van der Waals surface area contributed by atoms with Crippen molar-refractivity contribution in [3.8, 4) is 0 Å². The standard InChI is InChI=1S/C16H11NO5S/c1-8-6-11(15(19)20)14(23-8)17-13(18)10-7-9-4-2-3-5-12(9)22-16(10)21/h2-7H,1H3,(H,17,18)(H,19,20). The van der Waals surface area contributed by atoms with E-state index in [1.807, 2.05) is 0 Å². The minimum Gasteiger partial charge on any atom is -0.478 e. The summed E-state index contributed by atoms with van der Waals surface area (Å²) in [6.45, 7) is 1.73. The minimum absolute atomic E-state index is 0.00831. The first kappa shape index (κ1) is 15.0. The van der Waals surface area contributed by atoms with Crippen LogP contribution in [0.15, 0.2) is 45.6 Å². The maximum atomic E-state index is 12.3. The fourth-order valence-electron chi connectivity index (χ4n) is 2.16. The number of anilines is 1. The molecular formula is C16H11NO5S. The van der Waals surface area contributed by atoms with Crippen molar-refractivity contribution < 1.29 is 19.1 Å². The van der Waals surface area contributed by atoms with Gasteiger partial charge < -0.3 is 14.8 Å². The lowest BCUT2D eigenvalue weighted by Crippen LogP contribution is -2.21. The summed E-state index contributed by atoms with van der Waals surface area (Å²) < 4.78 is 5.11. The van der Waals surface area contributed by atoms with Gasteiger partial charge in [-0.25, -0.2) is 9.59 Å². The summed E-state index contributed by atoms with van der Waals surface area (Å²) in [5.41, 5.74) is -0.573. The number of benzene rings is 1. The Morgan fingerprint density at radius 3 is 2.65 bits per heavy atom. The van der Waals surface area contributed by atoms with Crippen LogP contribution in [0.25, 0.3) is 11.0 Å². The van der Waals surface area contributed by atoms with Gasteiger partial charge in [-0.3, -0.25) is 4.79 Å². The molecule has 6 nitrogen and oxygen atoms in total. The fraction of sp³-hybridized carbons (Fsp3) is 0.0625. The number of aryl methyl sites for hydroxylation is 1. The normalized spacial score (nSPS) is 10.7. The number of hydrogen-bond acceptors (Lipinski definition) is 5. The number of amides is 1. The van der Waals surface area contributed by atoms with E-state index in [-0.39, 0.29) is 16.1 Å². The maximum absolute atomic E-state index is 12.3. The van der Waals surface area contributed by atoms with E-state index in [9.17, 15) is 14.4 Å². The zero-order valence-electron chi connectivity index (χ0n) is 12.0. The maximum Gasteiger partial charge on any atom is 0.349 e. The SMILES string of the molecule is Cc1cc(C(=O)O)c(NC(=O)c2cc3ccccc3oc2=O)s1. The highest BCUT2D eigenvalue weighted by Gasteiger charge is 2.19. The van der Waals surface area contributed by atoms with Gasteiger partial charge in [-0.1, -0.05) is 18.2 Å². The average molecular weight is 329 g/mol. The number of fused-ring (bicyclic) bond motifs is 1. The number of hydrogen-bond donors (Lipinski definition) is 2. The molecule has 0 bridgehead atoms. The Balaban J connectivity index is 2.00. The molecule has 7 heteroatoms. The van der Waals surface area contributed by atoms with Crippen LogP contribution in [0, 0.1) is 6.92 Å². The van der Waals surface area contributed by atoms with Crippen molar-refractivity contribution in [3.63, 3.8) is 0 Å². The lowest BCUT2D eigenvalue weighted by Gasteiger charge is -2.04. The van der Waals surface area contributed by atoms with Crippen molar-refractivity contribution in [1.82, 2.24) is 0 Å². The Morgan fingerprint density at radius 2 is 1.91 bits per heavy atom. The van der Waals surface area contributed by atoms with Gasteiger partial charge in [-0.15, -0.1) is 11.3 Å². The van der Waals surface area contributed by atoms with E-state index < -0.39 is 17.5 Å². The second-order valence-corrected chi connectivity index (χ2v) is 6.10. The number of para-hydroxylation sites is 1. The molecular weight excluding hydrogens is 318 g/mol. The van der Waals surface area contributed by atoms with Gasteiger partial charge >= 0.3 is 11.6 Å². The second kappa shape index (κ2) is 5.69. The van der Waals surface area contributed by atoms with Crippen LogP contribution >= 0.6 is 11.3 Å². The quantitative estimate of drug-likeness (QED) is 0.720. The lowest BCUT2D eigenvalue weighted by molar-refractivity contribution is 0.0698. The molecule has 1 aromatic carbocycles. The highest BCUT2D eigenvalue weighted by molar-refractivity contribution is 7.16. The Hall–Kier alpha value is -2.93. The van der Waals surface area contributed by atoms with Crippen LogP contribution in [0.5, 0.6) is 0 Å². The summed E-state index contributed by atoms with van der Waals surface area (Å²) in [5, 5.41) is 12.4. The highest BCUT2D eigenvalue weighted by Crippen LogP contribution is 2.28. The number of carboxylic acid groups (broad SMARTS) is 1. The molecule has 0 radical (unpaired) electrons. The van der Waals surface area contributed by atoms with Crippen LogP contribution in [-0.2, 0) is 0 Å². The molecule has 3 rings (SSSR count). The summed E-state index contributed by atoms with van der Waals surface area (Å²) in [5.74, 6) is -1.84. The van der Waals surface area contributed by atoms with E-state index in [2.05, 4.69) is 5.32 Å². The van der Waals surface area contributed by atoms with E-state index in [0.717, 1.165) is 16.2 Å². The molecule has 0 saturated heterocycles. The number of aromatic carboxylic acids is 1. The van der Waals surface area contributed by atoms with Gasteiger partial charge in [0.1, 0.15) is 16.1 Å². The average Bonchev–Trinajstić information content (AvgIpc) is 2.87. The summed E-state index contributed by atoms with van der Waals surface area (Å²) in [4.78, 5) is 36.2. The molecule has 0 atom stereocenters. The molecule has 1 amide bonds. The fourth-order valence-corrected chi connectivity index (χ4v) is 3.06. The highest BCUT2D eigenvalue weighted by atomic mass is 32.1. The van der Waals surface area contributed by atoms with Gasteiger partial charge in [0, 0.05) is 10.3 Å². The summed E-state index contributed by atoms with van der Waals surface area (Å²) in [6, 6.07) is 9.72. The molecule has 116 valence electrons. The summed E-state index contributed by atoms with van der Waals surface area (Å²) in [6.07, 6.45) is 0. The molecule has 0 fully saturated rings. The van der Waals surface area contributed by atoms with E-state index in [0.29, 0.717) is 11.0 Å². The summed E-state index contributed by atoms with van der Waals surface area (Å²) >= 11 is 1.13. The third kappa shape index (κ3) is 2.86. The Labute approximate surface area is 134 Å². The topological polar surface area (TPSA) is 96.6 Å². The van der Waals surface area contributed by atoms with Crippen molar-refractivity contribution in [3.05, 3.63) is 62.8 Å². The molecule has 0 aliphatic rings. The monoisotopic (exact) mass is 329 g/mol. The number of nitrogens with one attached hydrogen (secondary N) is 1. The number of carbonyl (C=O) groups excluding carboxylic acids is 1. The Kier molecular flexibility index (Phi) is 3.71. The first-order valence-electron chi connectivity index (χ1n) is 6.63. The molecule has 2 N–H and O–H groups in total. The van der Waals surface area contributed by atoms with E-state index in [4.69, 9.17) is 9.52 Å². The Bertz CT molecular complexity index is 986. The van der Waals surface area contributed by atoms with E-state index in [1.165, 1.54) is 12.1 Å². The molecule has 23 heavy (non-hydrogen) atoms. The van der Waals surface area contributed by atoms with Gasteiger partial charge in [0.15, 0.2) is 0 Å². The van der Waals surface area contributed by atoms with Gasteiger partial charge in [-0.05, 0) is 25.1 Å². The molecule has 2 aromatic heterocycles. The number of rotatable bonds is 3. The summed E-state index contributed by atoms with van der Waals surface area (Å²) in [7, 11) is 0. The zero-order chi connectivity index (χ0) is 16.6. The van der Waals surface area contributed by atoms with Crippen LogP contribution in [0.3, 0.4) is 0 Å². The zero-order valence-corrected chi connectivity index (χ0v) is 12.8. The van der Waals surface area contributed by atoms with Gasteiger partial charge in [0.25, 0.3) is 5.91 Å². The van der Waals surface area contributed by atoms with Crippen LogP contribution < -0.4 is 10.9 Å². The van der Waals surface area contributed by atoms with E-state index in [1.54, 1.807) is 31.2 Å². The predicted molar refractivity (Wildman–Crippen MR) is 86.5 cm³/mol. The minimum atomic E-state index is -1.14. The molecule has 0 aliphatic carbocycles. The number of carboxylic acids is 1. The first-order chi connectivity index (χ1) is 11.0. The molecule has 0 unspecified atom stereocenters. The predicted octanol–water partition coefficient (Wildman–Crippen LogP) is 3.11. The van der Waals surface area contributed by atoms with Crippen molar-refractivity contribution in [1.29, 1.82) is 0 Å². The van der Waals surface area contributed by atoms with Crippen LogP contribution in [0.1, 0.15) is 25.6 Å². The Morgan fingerprint density at radius 1 is 1.17 bits per heavy atom. The first-order valence-corrected chi connectivity index (χ1v) is 7.45. The van der Waals surface area contributed by atoms with Gasteiger partial charge in [0.05, 0.1) is 5.56 Å². The van der Waals surface area contributed by atoms with Crippen LogP contribution in [-0.4, -0.2) is 17.0 Å². The largest absolute Gasteiger partial charge is 0.478 e. The van der Waals surface area contributed by atoms with Crippen LogP contribution in [0.4, 0.5) is 5.00 Å². The molecule has 0 saturated carbocycles. The van der Waals surface area contributed by atoms with Crippen molar-refractivity contribution >= 4 is 39.2 Å². The lowest BCUT2D eigenvalue weighted by atomic mass is 10.2. The smallest absolute Gasteiger partial charge is 0.349 e. The van der Waals surface area contributed by atoms with E-state index >= 15 is 0 Å². The molecule has 0 spiro atoms. The van der Waals surface area contributed by atoms with Crippen molar-refractivity contribution in [2.24, 2.45) is 0 Å². The molecule has 2 heterocycles. The number of thiophene rings is 1. The van der Waals surface area contributed by atoms with Crippen LogP contribution in [0.2, 0.25) is 0 Å². The molecule has 0 aliphatic heterocycles.